The summed E-state index contributed by atoms with van der Waals surface area (Å²) < 4.78 is 13.6. The Morgan fingerprint density at radius 1 is 0.328 bits per heavy atom. The van der Waals surface area contributed by atoms with Crippen LogP contribution in [0.25, 0.3) is 90.7 Å². The first kappa shape index (κ1) is 80.4. The maximum Gasteiger partial charge on any atom is 0.258 e. The third-order valence-corrected chi connectivity index (χ3v) is 26.3. The Labute approximate surface area is 720 Å². The molecule has 125 heavy (non-hydrogen) atoms. The first-order chi connectivity index (χ1) is 60.2. The molecule has 32 heteroatoms. The first-order valence-electron chi connectivity index (χ1n) is 43.7. The van der Waals surface area contributed by atoms with E-state index in [9.17, 15) is 19.2 Å². The average Bonchev–Trinajstić information content (AvgIpc) is 1.76. The zero-order chi connectivity index (χ0) is 86.2. The Balaban J connectivity index is 0.000000105. The summed E-state index contributed by atoms with van der Waals surface area (Å²) >= 11 is 0. The van der Waals surface area contributed by atoms with E-state index < -0.39 is 0 Å². The molecule has 23 rings (SSSR count). The van der Waals surface area contributed by atoms with Gasteiger partial charge in [0.05, 0.1) is 93.1 Å². The number of piperazine rings is 4. The number of pyridine rings is 4. The molecular formula is C93H104N28O4. The Hall–Kier alpha value is -13.0. The molecule has 0 radical (unpaired) electrons. The van der Waals surface area contributed by atoms with Crippen molar-refractivity contribution in [3.05, 3.63) is 233 Å². The van der Waals surface area contributed by atoms with Crippen LogP contribution < -0.4 is 47.2 Å². The molecule has 1 N–H and O–H groups in total. The van der Waals surface area contributed by atoms with Crippen LogP contribution in [0.3, 0.4) is 0 Å². The minimum Gasteiger partial charge on any atom is -0.367 e. The van der Waals surface area contributed by atoms with Gasteiger partial charge in [0.25, 0.3) is 22.2 Å². The topological polar surface area (TPSA) is 293 Å². The highest BCUT2D eigenvalue weighted by Crippen LogP contribution is 2.37. The molecule has 0 unspecified atom stereocenters. The maximum absolute atomic E-state index is 13.1. The lowest BCUT2D eigenvalue weighted by atomic mass is 9.95. The van der Waals surface area contributed by atoms with E-state index in [0.717, 1.165) is 162 Å². The zero-order valence-electron chi connectivity index (χ0n) is 72.9. The fraction of sp³-hybridized carbons (Fsp3) is 0.398. The predicted octanol–water partition coefficient (Wildman–Crippen LogP) is 9.90. The monoisotopic (exact) mass is 1680 g/mol. The summed E-state index contributed by atoms with van der Waals surface area (Å²) in [7, 11) is 0. The van der Waals surface area contributed by atoms with Crippen LogP contribution in [0.4, 0.5) is 22.7 Å². The third-order valence-electron chi connectivity index (χ3n) is 26.3. The summed E-state index contributed by atoms with van der Waals surface area (Å²) in [5.74, 6) is 0. The van der Waals surface area contributed by atoms with Gasteiger partial charge < -0.3 is 24.9 Å². The SMILES string of the molecule is Cc1cn2nc(-c3cc(=O)n4cc(N5CCN6CCC[C@@H]6C5)ccc4n3)cc(C)c2n1.Cc1cn2nc(-c3cc(=O)n4cc(N5CCN6CCC[C@@]6(C)C5)ccc4n3)cc(C)c2n1.Cc1cn2nc(-c3cc(=O)n4cc(N5CCN6CCC[C@]6(C)C5)ccc4n3)cc(C)c2n1.Cc1cn2nc(-c3cc(=O)n4cc(N5C[C@@H](C)N[C@@H](C)C5)ccc4n3)cc(C)c2n1. The smallest absolute Gasteiger partial charge is 0.258 e. The van der Waals surface area contributed by atoms with Gasteiger partial charge in [0, 0.05) is 150 Å². The Bertz CT molecular complexity index is 7010. The molecule has 0 amide bonds. The lowest BCUT2D eigenvalue weighted by molar-refractivity contribution is 0.138. The highest BCUT2D eigenvalue weighted by atomic mass is 16.1. The molecule has 5 atom stereocenters. The first-order valence-corrected chi connectivity index (χ1v) is 43.7. The van der Waals surface area contributed by atoms with Crippen molar-refractivity contribution >= 4 is 67.9 Å². The van der Waals surface area contributed by atoms with E-state index in [4.69, 9.17) is 19.9 Å². The van der Waals surface area contributed by atoms with E-state index in [1.54, 1.807) is 59.9 Å². The average molecular weight is 1680 g/mol. The Morgan fingerprint density at radius 3 is 0.992 bits per heavy atom. The molecule has 16 aromatic heterocycles. The highest BCUT2D eigenvalue weighted by Gasteiger charge is 2.43. The molecule has 7 saturated heterocycles. The van der Waals surface area contributed by atoms with Crippen LogP contribution in [0.2, 0.25) is 0 Å². The second-order valence-electron chi connectivity index (χ2n) is 36.0. The number of nitrogens with one attached hydrogen (secondary N) is 1. The Kier molecular flexibility index (Phi) is 20.3. The molecule has 32 nitrogen and oxygen atoms in total. The number of hydrogen-bond donors (Lipinski definition) is 1. The molecule has 16 aromatic rings. The van der Waals surface area contributed by atoms with Gasteiger partial charge >= 0.3 is 0 Å². The molecule has 0 bridgehead atoms. The van der Waals surface area contributed by atoms with Crippen LogP contribution in [0.15, 0.2) is 166 Å². The molecule has 0 spiro atoms. The van der Waals surface area contributed by atoms with Gasteiger partial charge in [-0.2, -0.15) is 20.4 Å². The summed E-state index contributed by atoms with van der Waals surface area (Å²) in [4.78, 5) is 106. The lowest BCUT2D eigenvalue weighted by Crippen LogP contribution is -2.57. The van der Waals surface area contributed by atoms with Gasteiger partial charge in [-0.15, -0.1) is 0 Å². The third kappa shape index (κ3) is 15.5. The molecule has 0 aliphatic carbocycles. The van der Waals surface area contributed by atoms with Crippen LogP contribution in [-0.4, -0.2) is 231 Å². The molecule has 7 aliphatic heterocycles. The number of fused-ring (bicyclic) bond motifs is 11. The van der Waals surface area contributed by atoms with Crippen molar-refractivity contribution < 1.29 is 0 Å². The van der Waals surface area contributed by atoms with Crippen LogP contribution in [0.5, 0.6) is 0 Å². The van der Waals surface area contributed by atoms with Gasteiger partial charge in [-0.1, -0.05) is 0 Å². The van der Waals surface area contributed by atoms with Crippen molar-refractivity contribution in [2.45, 2.75) is 151 Å². The number of aromatic nitrogens is 20. The second-order valence-corrected chi connectivity index (χ2v) is 36.0. The van der Waals surface area contributed by atoms with Gasteiger partial charge in [-0.3, -0.25) is 51.5 Å². The largest absolute Gasteiger partial charge is 0.367 e. The van der Waals surface area contributed by atoms with Crippen LogP contribution in [-0.2, 0) is 0 Å². The number of aryl methyl sites for hydroxylation is 8. The van der Waals surface area contributed by atoms with E-state index in [1.165, 1.54) is 58.2 Å². The van der Waals surface area contributed by atoms with E-state index in [2.05, 4.69) is 126 Å². The fourth-order valence-corrected chi connectivity index (χ4v) is 20.1. The molecule has 23 heterocycles. The molecule has 640 valence electrons. The van der Waals surface area contributed by atoms with Crippen molar-refractivity contribution in [1.29, 1.82) is 0 Å². The summed E-state index contributed by atoms with van der Waals surface area (Å²) in [5, 5.41) is 22.0. The van der Waals surface area contributed by atoms with Gasteiger partial charge in [0.2, 0.25) is 0 Å². The summed E-state index contributed by atoms with van der Waals surface area (Å²) in [5.41, 5.74) is 22.7. The molecule has 7 aliphatic rings. The summed E-state index contributed by atoms with van der Waals surface area (Å²) in [6.07, 6.45) is 22.8. The van der Waals surface area contributed by atoms with Crippen molar-refractivity contribution in [2.75, 3.05) is 111 Å². The minimum absolute atomic E-state index is 0.0947. The van der Waals surface area contributed by atoms with E-state index >= 15 is 0 Å². The van der Waals surface area contributed by atoms with Crippen LogP contribution >= 0.6 is 0 Å². The van der Waals surface area contributed by atoms with Gasteiger partial charge in [0.1, 0.15) is 45.4 Å². The van der Waals surface area contributed by atoms with Crippen molar-refractivity contribution in [1.82, 2.24) is 116 Å². The Morgan fingerprint density at radius 2 is 0.648 bits per heavy atom. The number of hydrogen-bond acceptors (Lipinski definition) is 24. The number of imidazole rings is 4. The molecule has 7 fully saturated rings. The quantitative estimate of drug-likeness (QED) is 0.148. The lowest BCUT2D eigenvalue weighted by Gasteiger charge is -2.46. The van der Waals surface area contributed by atoms with Crippen LogP contribution in [0, 0.1) is 55.4 Å². The fourth-order valence-electron chi connectivity index (χ4n) is 20.1. The summed E-state index contributed by atoms with van der Waals surface area (Å²) in [6.45, 7) is 39.5. The number of nitrogens with zero attached hydrogens (tertiary/aromatic N) is 27. The van der Waals surface area contributed by atoms with Gasteiger partial charge in [0.15, 0.2) is 22.6 Å². The van der Waals surface area contributed by atoms with Gasteiger partial charge in [-0.05, 0) is 236 Å². The van der Waals surface area contributed by atoms with Gasteiger partial charge in [-0.25, -0.2) is 57.9 Å². The van der Waals surface area contributed by atoms with Crippen molar-refractivity contribution in [3.8, 4) is 45.6 Å². The normalized spacial score (nSPS) is 20.6. The zero-order valence-corrected chi connectivity index (χ0v) is 72.9. The molecule has 0 aromatic carbocycles. The van der Waals surface area contributed by atoms with Crippen molar-refractivity contribution in [3.63, 3.8) is 0 Å². The molecule has 0 saturated carbocycles. The van der Waals surface area contributed by atoms with Crippen molar-refractivity contribution in [2.24, 2.45) is 0 Å². The van der Waals surface area contributed by atoms with E-state index in [1.807, 2.05) is 160 Å². The number of anilines is 4. The highest BCUT2D eigenvalue weighted by molar-refractivity contribution is 5.68. The second kappa shape index (κ2) is 31.6. The number of rotatable bonds is 8. The molecular weight excluding hydrogens is 1570 g/mol. The summed E-state index contributed by atoms with van der Waals surface area (Å²) in [6, 6.07) is 31.5. The maximum atomic E-state index is 13.1. The van der Waals surface area contributed by atoms with Crippen LogP contribution in [0.1, 0.15) is 111 Å². The van der Waals surface area contributed by atoms with E-state index in [0.29, 0.717) is 86.3 Å². The van der Waals surface area contributed by atoms with E-state index in [-0.39, 0.29) is 33.3 Å². The predicted molar refractivity (Wildman–Crippen MR) is 486 cm³/mol. The standard InChI is InChI=1S/2C24H27N7O.C23H25N7O.C22H25N7O/c2*1-16-11-20(27-31-13-17(2)25-23(16)31)19-12-22(32)30-14-18(5-6-21(30)26-19)28-9-10-29-8-4-7-24(29,3)15-28;1-15-10-20(26-30-12-16(2)24-23(15)30)19-11-22(31)29-14-18(5-6-21(29)25-19)28-9-8-27-7-3-4-17(27)13-28;1-13-7-19(26-29-11-16(4)24-22(13)29)18-8-21(30)28-12-17(5-6-20(28)25-18)27-9-14(2)23-15(3)10-27/h2*5-6,11-14H,4,7-10,15H2,1-3H3;5-6,10-12,14,17H,3-4,7-9,13H2,1-2H3;5-8,11-12,14-15,23H,9-10H2,1-4H3/t2*24-;17-;14-,15+/m101./s1. The minimum atomic E-state index is -0.116.